The van der Waals surface area contributed by atoms with E-state index in [1.54, 1.807) is 6.26 Å². The van der Waals surface area contributed by atoms with E-state index in [4.69, 9.17) is 4.42 Å². The van der Waals surface area contributed by atoms with Gasteiger partial charge in [-0.3, -0.25) is 14.5 Å². The standard InChI is InChI=1S/C27H40N4O3/c1-19-9-7-10-20(2)29(19)14-8-15-31-25(32)23-17-24-22(13-16-34-24)30(23)18-27(31,3)26(33)28-21-11-5-4-6-12-21/h13,16-17,19-21H,4-12,14-15,18H2,1-3H3,(H,28,33)/t19-,20+,27-/m1/s1. The Morgan fingerprint density at radius 1 is 1.09 bits per heavy atom. The van der Waals surface area contributed by atoms with Gasteiger partial charge < -0.3 is 19.2 Å². The molecular formula is C27H40N4O3. The Balaban J connectivity index is 1.38. The molecule has 34 heavy (non-hydrogen) atoms. The molecule has 2 aromatic heterocycles. The Labute approximate surface area is 202 Å². The lowest BCUT2D eigenvalue weighted by Gasteiger charge is -2.45. The van der Waals surface area contributed by atoms with Crippen molar-refractivity contribution in [1.82, 2.24) is 19.7 Å². The number of rotatable bonds is 6. The van der Waals surface area contributed by atoms with E-state index in [1.165, 1.54) is 25.7 Å². The van der Waals surface area contributed by atoms with Crippen LogP contribution in [0.15, 0.2) is 22.8 Å². The number of carbonyl (C=O) groups excluding carboxylic acids is 2. The summed E-state index contributed by atoms with van der Waals surface area (Å²) in [7, 11) is 0. The minimum atomic E-state index is -0.927. The topological polar surface area (TPSA) is 70.7 Å². The van der Waals surface area contributed by atoms with Crippen LogP contribution in [0.1, 0.15) is 89.0 Å². The van der Waals surface area contributed by atoms with Crippen molar-refractivity contribution in [2.24, 2.45) is 0 Å². The second kappa shape index (κ2) is 9.40. The maximum Gasteiger partial charge on any atom is 0.271 e. The Morgan fingerprint density at radius 2 is 1.82 bits per heavy atom. The number of fused-ring (bicyclic) bond motifs is 3. The van der Waals surface area contributed by atoms with Crippen LogP contribution in [0.25, 0.3) is 11.1 Å². The van der Waals surface area contributed by atoms with Crippen LogP contribution < -0.4 is 5.32 Å². The monoisotopic (exact) mass is 468 g/mol. The van der Waals surface area contributed by atoms with E-state index < -0.39 is 5.54 Å². The highest BCUT2D eigenvalue weighted by atomic mass is 16.3. The number of likely N-dealkylation sites (tertiary alicyclic amines) is 1. The molecule has 5 rings (SSSR count). The summed E-state index contributed by atoms with van der Waals surface area (Å²) in [5.41, 5.74) is 1.29. The zero-order valence-corrected chi connectivity index (χ0v) is 21.0. The van der Waals surface area contributed by atoms with Gasteiger partial charge in [0.05, 0.1) is 18.3 Å². The summed E-state index contributed by atoms with van der Waals surface area (Å²) in [6.45, 7) is 8.55. The lowest BCUT2D eigenvalue weighted by molar-refractivity contribution is -0.133. The van der Waals surface area contributed by atoms with Gasteiger partial charge in [-0.2, -0.15) is 0 Å². The molecule has 0 aromatic carbocycles. The van der Waals surface area contributed by atoms with Gasteiger partial charge in [-0.05, 0) is 52.9 Å². The number of furan rings is 1. The molecule has 0 radical (unpaired) electrons. The van der Waals surface area contributed by atoms with Crippen molar-refractivity contribution in [1.29, 1.82) is 0 Å². The first-order chi connectivity index (χ1) is 16.4. The summed E-state index contributed by atoms with van der Waals surface area (Å²) in [6, 6.07) is 5.08. The normalized spacial score (nSPS) is 28.9. The smallest absolute Gasteiger partial charge is 0.271 e. The number of piperidine rings is 1. The second-order valence-electron chi connectivity index (χ2n) is 11.0. The van der Waals surface area contributed by atoms with Gasteiger partial charge >= 0.3 is 0 Å². The molecule has 1 saturated carbocycles. The van der Waals surface area contributed by atoms with Crippen LogP contribution in [0.5, 0.6) is 0 Å². The fraction of sp³-hybridized carbons (Fsp3) is 0.704. The van der Waals surface area contributed by atoms with Crippen molar-refractivity contribution in [3.05, 3.63) is 24.1 Å². The first-order valence-corrected chi connectivity index (χ1v) is 13.3. The molecule has 0 unspecified atom stereocenters. The highest BCUT2D eigenvalue weighted by molar-refractivity contribution is 6.02. The van der Waals surface area contributed by atoms with Crippen molar-refractivity contribution in [2.75, 3.05) is 13.1 Å². The van der Waals surface area contributed by atoms with Crippen molar-refractivity contribution in [2.45, 2.75) is 109 Å². The average Bonchev–Trinajstić information content (AvgIpc) is 3.41. The molecule has 186 valence electrons. The van der Waals surface area contributed by atoms with Gasteiger partial charge in [0.2, 0.25) is 5.91 Å². The molecule has 7 heteroatoms. The van der Waals surface area contributed by atoms with E-state index in [1.807, 2.05) is 28.5 Å². The number of carbonyl (C=O) groups is 2. The summed E-state index contributed by atoms with van der Waals surface area (Å²) in [5, 5.41) is 3.32. The fourth-order valence-corrected chi connectivity index (χ4v) is 6.54. The zero-order chi connectivity index (χ0) is 23.9. The molecule has 1 aliphatic carbocycles. The van der Waals surface area contributed by atoms with Gasteiger partial charge in [0.25, 0.3) is 5.91 Å². The molecule has 0 spiro atoms. The van der Waals surface area contributed by atoms with Gasteiger partial charge in [0.1, 0.15) is 11.2 Å². The molecule has 1 saturated heterocycles. The summed E-state index contributed by atoms with van der Waals surface area (Å²) in [4.78, 5) is 32.0. The number of nitrogens with one attached hydrogen (secondary N) is 1. The highest BCUT2D eigenvalue weighted by Crippen LogP contribution is 2.33. The molecule has 3 atom stereocenters. The minimum absolute atomic E-state index is 0.0246. The predicted molar refractivity (Wildman–Crippen MR) is 133 cm³/mol. The summed E-state index contributed by atoms with van der Waals surface area (Å²) >= 11 is 0. The molecule has 4 heterocycles. The van der Waals surface area contributed by atoms with E-state index in [-0.39, 0.29) is 17.9 Å². The van der Waals surface area contributed by atoms with Crippen LogP contribution in [0.3, 0.4) is 0 Å². The van der Waals surface area contributed by atoms with Crippen LogP contribution in [0, 0.1) is 0 Å². The third kappa shape index (κ3) is 4.16. The number of nitrogens with zero attached hydrogens (tertiary/aromatic N) is 3. The lowest BCUT2D eigenvalue weighted by Crippen LogP contribution is -2.65. The Morgan fingerprint density at radius 3 is 2.56 bits per heavy atom. The molecule has 3 aliphatic rings. The average molecular weight is 469 g/mol. The summed E-state index contributed by atoms with van der Waals surface area (Å²) < 4.78 is 7.57. The Hall–Kier alpha value is -2.28. The molecular weight excluding hydrogens is 428 g/mol. The Bertz CT molecular complexity index is 1030. The largest absolute Gasteiger partial charge is 0.463 e. The van der Waals surface area contributed by atoms with Crippen LogP contribution >= 0.6 is 0 Å². The third-order valence-corrected chi connectivity index (χ3v) is 8.65. The zero-order valence-electron chi connectivity index (χ0n) is 21.0. The number of amides is 2. The van der Waals surface area contributed by atoms with Gasteiger partial charge in [-0.25, -0.2) is 0 Å². The number of hydrogen-bond acceptors (Lipinski definition) is 4. The SMILES string of the molecule is C[C@@H]1CCC[C@H](C)N1CCCN1C(=O)c2cc3occc3n2C[C@]1(C)C(=O)NC1CCCCC1. The van der Waals surface area contributed by atoms with Crippen LogP contribution in [0.4, 0.5) is 0 Å². The Kier molecular flexibility index (Phi) is 6.49. The van der Waals surface area contributed by atoms with Gasteiger partial charge in [0, 0.05) is 43.3 Å². The van der Waals surface area contributed by atoms with E-state index in [2.05, 4.69) is 24.1 Å². The molecule has 7 nitrogen and oxygen atoms in total. The van der Waals surface area contributed by atoms with E-state index >= 15 is 0 Å². The summed E-state index contributed by atoms with van der Waals surface area (Å²) in [5.74, 6) is -0.0952. The van der Waals surface area contributed by atoms with Gasteiger partial charge in [-0.15, -0.1) is 0 Å². The molecule has 2 aliphatic heterocycles. The van der Waals surface area contributed by atoms with Crippen molar-refractivity contribution < 1.29 is 14.0 Å². The maximum absolute atomic E-state index is 13.8. The number of aromatic nitrogens is 1. The van der Waals surface area contributed by atoms with Crippen molar-refractivity contribution in [3.8, 4) is 0 Å². The number of hydrogen-bond donors (Lipinski definition) is 1. The van der Waals surface area contributed by atoms with E-state index in [0.29, 0.717) is 36.5 Å². The lowest BCUT2D eigenvalue weighted by atomic mass is 9.91. The quantitative estimate of drug-likeness (QED) is 0.675. The molecule has 1 N–H and O–H groups in total. The van der Waals surface area contributed by atoms with E-state index in [9.17, 15) is 9.59 Å². The van der Waals surface area contributed by atoms with Crippen LogP contribution in [0.2, 0.25) is 0 Å². The first kappa shape index (κ1) is 23.5. The minimum Gasteiger partial charge on any atom is -0.463 e. The van der Waals surface area contributed by atoms with Crippen LogP contribution in [-0.2, 0) is 11.3 Å². The van der Waals surface area contributed by atoms with E-state index in [0.717, 1.165) is 44.2 Å². The summed E-state index contributed by atoms with van der Waals surface area (Å²) in [6.07, 6.45) is 11.9. The highest BCUT2D eigenvalue weighted by Gasteiger charge is 2.48. The van der Waals surface area contributed by atoms with Gasteiger partial charge in [0.15, 0.2) is 5.58 Å². The maximum atomic E-state index is 13.8. The molecule has 0 bridgehead atoms. The van der Waals surface area contributed by atoms with Crippen LogP contribution in [-0.4, -0.2) is 62.9 Å². The predicted octanol–water partition coefficient (Wildman–Crippen LogP) is 4.55. The fourth-order valence-electron chi connectivity index (χ4n) is 6.54. The molecule has 2 fully saturated rings. The van der Waals surface area contributed by atoms with Crippen molar-refractivity contribution >= 4 is 22.9 Å². The van der Waals surface area contributed by atoms with Crippen molar-refractivity contribution in [3.63, 3.8) is 0 Å². The molecule has 2 amide bonds. The third-order valence-electron chi connectivity index (χ3n) is 8.65. The first-order valence-electron chi connectivity index (χ1n) is 13.3. The van der Waals surface area contributed by atoms with Gasteiger partial charge in [-0.1, -0.05) is 25.7 Å². The molecule has 2 aromatic rings. The second-order valence-corrected chi connectivity index (χ2v) is 11.0.